The molecule has 0 saturated heterocycles. The van der Waals surface area contributed by atoms with Gasteiger partial charge in [-0.05, 0) is 59.7 Å². The van der Waals surface area contributed by atoms with E-state index in [1.807, 2.05) is 11.8 Å². The molecule has 0 radical (unpaired) electrons. The minimum Gasteiger partial charge on any atom is -0.458 e. The first-order valence-corrected chi connectivity index (χ1v) is 10.7. The molecule has 4 heteroatoms. The Balaban J connectivity index is 1.62. The summed E-state index contributed by atoms with van der Waals surface area (Å²) in [4.78, 5) is 5.03. The molecule has 0 saturated carbocycles. The zero-order valence-corrected chi connectivity index (χ0v) is 16.7. The van der Waals surface area contributed by atoms with E-state index in [9.17, 15) is 0 Å². The number of ether oxygens (including phenoxy) is 1. The number of fused-ring (bicyclic) bond motifs is 7. The van der Waals surface area contributed by atoms with Gasteiger partial charge in [0, 0.05) is 15.5 Å². The van der Waals surface area contributed by atoms with Gasteiger partial charge in [0.2, 0.25) is 0 Å². The first-order chi connectivity index (χ1) is 14.3. The SMILES string of the molecule is Cc1ccc2c(c1)B1c3ccccc3N3c4ccccc4Sc4ccc(c1c43)O2. The van der Waals surface area contributed by atoms with Gasteiger partial charge in [-0.15, -0.1) is 0 Å². The quantitative estimate of drug-likeness (QED) is 0.344. The molecule has 4 aromatic rings. The van der Waals surface area contributed by atoms with Crippen LogP contribution in [0, 0.1) is 6.92 Å². The smallest absolute Gasteiger partial charge is 0.256 e. The molecule has 0 bridgehead atoms. The number of anilines is 3. The molecule has 7 rings (SSSR count). The summed E-state index contributed by atoms with van der Waals surface area (Å²) in [7, 11) is 0. The van der Waals surface area contributed by atoms with Crippen LogP contribution in [0.5, 0.6) is 11.5 Å². The van der Waals surface area contributed by atoms with Crippen molar-refractivity contribution >= 4 is 51.9 Å². The van der Waals surface area contributed by atoms with Crippen molar-refractivity contribution in [3.8, 4) is 11.5 Å². The molecule has 0 atom stereocenters. The summed E-state index contributed by atoms with van der Waals surface area (Å²) in [5.74, 6) is 1.95. The maximum Gasteiger partial charge on any atom is 0.256 e. The zero-order chi connectivity index (χ0) is 19.1. The molecule has 136 valence electrons. The van der Waals surface area contributed by atoms with Crippen LogP contribution in [0.15, 0.2) is 88.7 Å². The average molecular weight is 389 g/mol. The molecule has 2 nitrogen and oxygen atoms in total. The second kappa shape index (κ2) is 5.49. The van der Waals surface area contributed by atoms with E-state index < -0.39 is 0 Å². The van der Waals surface area contributed by atoms with Crippen LogP contribution in [0.1, 0.15) is 5.56 Å². The Morgan fingerprint density at radius 1 is 0.759 bits per heavy atom. The Labute approximate surface area is 174 Å². The summed E-state index contributed by atoms with van der Waals surface area (Å²) >= 11 is 1.86. The third-order valence-electron chi connectivity index (χ3n) is 6.16. The maximum atomic E-state index is 6.42. The van der Waals surface area contributed by atoms with Gasteiger partial charge in [-0.1, -0.05) is 59.8 Å². The largest absolute Gasteiger partial charge is 0.458 e. The number of hydrogen-bond donors (Lipinski definition) is 0. The minimum absolute atomic E-state index is 0.196. The van der Waals surface area contributed by atoms with Gasteiger partial charge in [0.15, 0.2) is 0 Å². The van der Waals surface area contributed by atoms with Crippen molar-refractivity contribution in [2.75, 3.05) is 4.90 Å². The molecule has 29 heavy (non-hydrogen) atoms. The highest BCUT2D eigenvalue weighted by molar-refractivity contribution is 7.99. The van der Waals surface area contributed by atoms with Crippen molar-refractivity contribution in [2.45, 2.75) is 16.7 Å². The van der Waals surface area contributed by atoms with Gasteiger partial charge in [-0.3, -0.25) is 0 Å². The summed E-state index contributed by atoms with van der Waals surface area (Å²) < 4.78 is 6.42. The molecule has 0 fully saturated rings. The Hall–Kier alpha value is -3.11. The molecule has 3 aliphatic rings. The molecule has 3 aliphatic heterocycles. The van der Waals surface area contributed by atoms with Crippen LogP contribution in [0.25, 0.3) is 0 Å². The normalized spacial score (nSPS) is 14.4. The number of benzene rings is 4. The van der Waals surface area contributed by atoms with E-state index in [1.165, 1.54) is 48.8 Å². The summed E-state index contributed by atoms with van der Waals surface area (Å²) in [5, 5.41) is 0. The number of rotatable bonds is 0. The topological polar surface area (TPSA) is 12.5 Å². The average Bonchev–Trinajstić information content (AvgIpc) is 2.76. The van der Waals surface area contributed by atoms with Crippen molar-refractivity contribution in [1.29, 1.82) is 0 Å². The minimum atomic E-state index is 0.196. The summed E-state index contributed by atoms with van der Waals surface area (Å²) in [5.41, 5.74) is 8.96. The predicted octanol–water partition coefficient (Wildman–Crippen LogP) is 4.86. The highest BCUT2D eigenvalue weighted by Crippen LogP contribution is 2.53. The Morgan fingerprint density at radius 2 is 1.55 bits per heavy atom. The van der Waals surface area contributed by atoms with E-state index >= 15 is 0 Å². The van der Waals surface area contributed by atoms with E-state index in [2.05, 4.69) is 90.7 Å². The van der Waals surface area contributed by atoms with Crippen LogP contribution in [-0.2, 0) is 0 Å². The Morgan fingerprint density at radius 3 is 2.48 bits per heavy atom. The molecule has 0 spiro atoms. The van der Waals surface area contributed by atoms with Gasteiger partial charge in [-0.25, -0.2) is 0 Å². The number of hydrogen-bond acceptors (Lipinski definition) is 3. The summed E-state index contributed by atoms with van der Waals surface area (Å²) in [6, 6.07) is 28.4. The lowest BCUT2D eigenvalue weighted by Crippen LogP contribution is -2.59. The molecule has 0 aliphatic carbocycles. The molecular weight excluding hydrogens is 373 g/mol. The van der Waals surface area contributed by atoms with E-state index in [0.717, 1.165) is 11.5 Å². The molecule has 0 N–H and O–H groups in total. The fourth-order valence-corrected chi connectivity index (χ4v) is 6.07. The van der Waals surface area contributed by atoms with Crippen molar-refractivity contribution < 1.29 is 4.74 Å². The summed E-state index contributed by atoms with van der Waals surface area (Å²) in [6.07, 6.45) is 0. The highest BCUT2D eigenvalue weighted by atomic mass is 32.2. The first-order valence-electron chi connectivity index (χ1n) is 9.91. The second-order valence-electron chi connectivity index (χ2n) is 7.86. The van der Waals surface area contributed by atoms with Crippen LogP contribution in [0.3, 0.4) is 0 Å². The predicted molar refractivity (Wildman–Crippen MR) is 121 cm³/mol. The third-order valence-corrected chi connectivity index (χ3v) is 7.28. The van der Waals surface area contributed by atoms with Crippen LogP contribution in [0.4, 0.5) is 17.1 Å². The van der Waals surface area contributed by atoms with E-state index in [1.54, 1.807) is 0 Å². The molecule has 0 amide bonds. The lowest BCUT2D eigenvalue weighted by Gasteiger charge is -2.43. The van der Waals surface area contributed by atoms with E-state index in [0.29, 0.717) is 0 Å². The number of nitrogens with zero attached hydrogens (tertiary/aromatic N) is 1. The van der Waals surface area contributed by atoms with Crippen molar-refractivity contribution in [2.24, 2.45) is 0 Å². The molecule has 0 aromatic heterocycles. The third kappa shape index (κ3) is 1.99. The van der Waals surface area contributed by atoms with Crippen LogP contribution in [-0.4, -0.2) is 6.71 Å². The summed E-state index contributed by atoms with van der Waals surface area (Å²) in [6.45, 7) is 2.35. The van der Waals surface area contributed by atoms with Crippen LogP contribution >= 0.6 is 11.8 Å². The van der Waals surface area contributed by atoms with Crippen molar-refractivity contribution in [3.05, 3.63) is 84.4 Å². The van der Waals surface area contributed by atoms with Gasteiger partial charge in [0.25, 0.3) is 6.71 Å². The second-order valence-corrected chi connectivity index (χ2v) is 8.95. The van der Waals surface area contributed by atoms with Gasteiger partial charge >= 0.3 is 0 Å². The van der Waals surface area contributed by atoms with Gasteiger partial charge in [-0.2, -0.15) is 0 Å². The zero-order valence-electron chi connectivity index (χ0n) is 15.8. The lowest BCUT2D eigenvalue weighted by molar-refractivity contribution is 0.487. The Kier molecular flexibility index (Phi) is 2.99. The van der Waals surface area contributed by atoms with Gasteiger partial charge in [0.05, 0.1) is 11.4 Å². The van der Waals surface area contributed by atoms with E-state index in [-0.39, 0.29) is 6.71 Å². The molecular formula is C25H16BNOS. The standard InChI is InChI=1S/C25H16BNOS/c1-15-10-11-20-17(14-15)26-16-6-2-3-7-18(16)27-19-8-4-5-9-22(19)29-23-13-12-21(28-20)24(26)25(23)27/h2-14H,1H3. The van der Waals surface area contributed by atoms with Gasteiger partial charge in [0.1, 0.15) is 11.5 Å². The maximum absolute atomic E-state index is 6.42. The molecule has 0 unspecified atom stereocenters. The fourth-order valence-electron chi connectivity index (χ4n) is 4.99. The van der Waals surface area contributed by atoms with Crippen LogP contribution in [0.2, 0.25) is 0 Å². The van der Waals surface area contributed by atoms with Crippen molar-refractivity contribution in [1.82, 2.24) is 0 Å². The Bertz CT molecular complexity index is 1350. The van der Waals surface area contributed by atoms with Crippen molar-refractivity contribution in [3.63, 3.8) is 0 Å². The number of para-hydroxylation sites is 2. The molecule has 3 heterocycles. The van der Waals surface area contributed by atoms with Gasteiger partial charge < -0.3 is 9.64 Å². The van der Waals surface area contributed by atoms with Crippen LogP contribution < -0.4 is 26.0 Å². The monoisotopic (exact) mass is 389 g/mol. The lowest BCUT2D eigenvalue weighted by atomic mass is 9.34. The first kappa shape index (κ1) is 15.8. The van der Waals surface area contributed by atoms with E-state index in [4.69, 9.17) is 4.74 Å². The molecule has 4 aromatic carbocycles. The fraction of sp³-hybridized carbons (Fsp3) is 0.0400. The number of aryl methyl sites for hydroxylation is 1. The highest BCUT2D eigenvalue weighted by Gasteiger charge is 2.44.